The SMILES string of the molecule is Cc1cc2nc(N(CCCN3CCOCC3)C(=O)C3CCCN3S(=O)(=O)c3ccc(Cl)s3)sc2cc1C. The van der Waals surface area contributed by atoms with Gasteiger partial charge in [0.25, 0.3) is 10.0 Å². The molecule has 2 aromatic heterocycles. The number of fused-ring (bicyclic) bond motifs is 1. The lowest BCUT2D eigenvalue weighted by Crippen LogP contribution is -2.48. The van der Waals surface area contributed by atoms with Crippen LogP contribution in [-0.4, -0.2) is 80.5 Å². The number of benzene rings is 1. The molecule has 0 radical (unpaired) electrons. The molecule has 0 aliphatic carbocycles. The van der Waals surface area contributed by atoms with Crippen molar-refractivity contribution in [1.82, 2.24) is 14.2 Å². The van der Waals surface area contributed by atoms with E-state index in [1.807, 2.05) is 6.07 Å². The number of nitrogens with zero attached hydrogens (tertiary/aromatic N) is 4. The molecule has 12 heteroatoms. The van der Waals surface area contributed by atoms with Crippen LogP contribution in [-0.2, 0) is 19.6 Å². The van der Waals surface area contributed by atoms with E-state index >= 15 is 0 Å². The summed E-state index contributed by atoms with van der Waals surface area (Å²) >= 11 is 8.53. The van der Waals surface area contributed by atoms with Gasteiger partial charge in [-0.2, -0.15) is 4.31 Å². The van der Waals surface area contributed by atoms with Gasteiger partial charge in [0, 0.05) is 32.7 Å². The van der Waals surface area contributed by atoms with Crippen LogP contribution in [0.3, 0.4) is 0 Å². The van der Waals surface area contributed by atoms with E-state index in [4.69, 9.17) is 21.3 Å². The third kappa shape index (κ3) is 5.73. The highest BCUT2D eigenvalue weighted by molar-refractivity contribution is 7.91. The maximum absolute atomic E-state index is 14.1. The Labute approximate surface area is 230 Å². The van der Waals surface area contributed by atoms with Gasteiger partial charge in [0.15, 0.2) is 5.13 Å². The standard InChI is InChI=1S/C25H31ClN4O4S3/c1-17-15-19-21(16-18(17)2)35-25(27-19)29(9-4-8-28-11-13-34-14-12-28)24(31)20-5-3-10-30(20)37(32,33)23-7-6-22(26)36-23/h6-7,15-16,20H,3-5,8-14H2,1-2H3. The molecule has 4 heterocycles. The highest BCUT2D eigenvalue weighted by Gasteiger charge is 2.42. The predicted octanol–water partition coefficient (Wildman–Crippen LogP) is 4.54. The Bertz CT molecular complexity index is 1340. The van der Waals surface area contributed by atoms with Crippen molar-refractivity contribution in [1.29, 1.82) is 0 Å². The summed E-state index contributed by atoms with van der Waals surface area (Å²) in [6.45, 7) is 8.96. The molecule has 0 spiro atoms. The largest absolute Gasteiger partial charge is 0.379 e. The summed E-state index contributed by atoms with van der Waals surface area (Å²) in [5, 5.41) is 0.621. The highest BCUT2D eigenvalue weighted by Crippen LogP contribution is 2.35. The average molecular weight is 583 g/mol. The monoisotopic (exact) mass is 582 g/mol. The van der Waals surface area contributed by atoms with Crippen LogP contribution in [0, 0.1) is 13.8 Å². The molecule has 2 aliphatic heterocycles. The molecule has 2 saturated heterocycles. The minimum absolute atomic E-state index is 0.169. The number of aryl methyl sites for hydroxylation is 2. The van der Waals surface area contributed by atoms with E-state index in [1.165, 1.54) is 27.3 Å². The number of carbonyl (C=O) groups excluding carboxylic acids is 1. The number of sulfonamides is 1. The zero-order valence-electron chi connectivity index (χ0n) is 21.0. The van der Waals surface area contributed by atoms with Crippen LogP contribution in [0.5, 0.6) is 0 Å². The Hall–Kier alpha value is -1.60. The molecule has 200 valence electrons. The number of anilines is 1. The van der Waals surface area contributed by atoms with E-state index in [0.29, 0.717) is 35.4 Å². The van der Waals surface area contributed by atoms with Crippen molar-refractivity contribution in [2.24, 2.45) is 0 Å². The molecule has 5 rings (SSSR count). The van der Waals surface area contributed by atoms with Gasteiger partial charge in [-0.05, 0) is 68.5 Å². The van der Waals surface area contributed by atoms with Gasteiger partial charge in [-0.25, -0.2) is 13.4 Å². The molecular weight excluding hydrogens is 552 g/mol. The molecular formula is C25H31ClN4O4S3. The van der Waals surface area contributed by atoms with Crippen molar-refractivity contribution in [3.8, 4) is 0 Å². The van der Waals surface area contributed by atoms with Gasteiger partial charge in [-0.1, -0.05) is 22.9 Å². The van der Waals surface area contributed by atoms with Gasteiger partial charge >= 0.3 is 0 Å². The van der Waals surface area contributed by atoms with E-state index in [-0.39, 0.29) is 10.1 Å². The molecule has 1 unspecified atom stereocenters. The van der Waals surface area contributed by atoms with E-state index < -0.39 is 16.1 Å². The van der Waals surface area contributed by atoms with Crippen molar-refractivity contribution in [2.75, 3.05) is 50.8 Å². The number of thiazole rings is 1. The van der Waals surface area contributed by atoms with Crippen molar-refractivity contribution in [3.63, 3.8) is 0 Å². The number of morpholine rings is 1. The maximum Gasteiger partial charge on any atom is 0.253 e. The second-order valence-corrected chi connectivity index (χ2v) is 14.4. The number of carbonyl (C=O) groups is 1. The number of amides is 1. The van der Waals surface area contributed by atoms with Crippen molar-refractivity contribution in [2.45, 2.75) is 43.4 Å². The summed E-state index contributed by atoms with van der Waals surface area (Å²) in [5.41, 5.74) is 3.19. The van der Waals surface area contributed by atoms with Gasteiger partial charge in [0.1, 0.15) is 10.3 Å². The predicted molar refractivity (Wildman–Crippen MR) is 150 cm³/mol. The summed E-state index contributed by atoms with van der Waals surface area (Å²) in [6.07, 6.45) is 1.88. The highest BCUT2D eigenvalue weighted by atomic mass is 35.5. The topological polar surface area (TPSA) is 83.1 Å². The lowest BCUT2D eigenvalue weighted by molar-refractivity contribution is -0.121. The molecule has 0 saturated carbocycles. The summed E-state index contributed by atoms with van der Waals surface area (Å²) in [6, 6.07) is 6.49. The van der Waals surface area contributed by atoms with Crippen LogP contribution in [0.15, 0.2) is 28.5 Å². The van der Waals surface area contributed by atoms with Gasteiger partial charge in [-0.15, -0.1) is 11.3 Å². The minimum atomic E-state index is -3.82. The van der Waals surface area contributed by atoms with E-state index in [2.05, 4.69) is 24.8 Å². The molecule has 1 amide bonds. The zero-order chi connectivity index (χ0) is 26.2. The first-order chi connectivity index (χ1) is 17.7. The minimum Gasteiger partial charge on any atom is -0.379 e. The normalized spacial score (nSPS) is 19.6. The Morgan fingerprint density at radius 1 is 1.16 bits per heavy atom. The zero-order valence-corrected chi connectivity index (χ0v) is 24.2. The smallest absolute Gasteiger partial charge is 0.253 e. The second kappa shape index (κ2) is 11.3. The van der Waals surface area contributed by atoms with Crippen LogP contribution in [0.2, 0.25) is 4.34 Å². The summed E-state index contributed by atoms with van der Waals surface area (Å²) in [5.74, 6) is -0.210. The van der Waals surface area contributed by atoms with Crippen LogP contribution in [0.1, 0.15) is 30.4 Å². The quantitative estimate of drug-likeness (QED) is 0.388. The summed E-state index contributed by atoms with van der Waals surface area (Å²) in [7, 11) is -3.82. The molecule has 37 heavy (non-hydrogen) atoms. The van der Waals surface area contributed by atoms with Crippen molar-refractivity contribution in [3.05, 3.63) is 39.7 Å². The number of aromatic nitrogens is 1. The third-order valence-corrected chi connectivity index (χ3v) is 11.7. The Morgan fingerprint density at radius 3 is 2.65 bits per heavy atom. The number of hydrogen-bond donors (Lipinski definition) is 0. The van der Waals surface area contributed by atoms with E-state index in [0.717, 1.165) is 66.4 Å². The number of hydrogen-bond acceptors (Lipinski definition) is 8. The number of halogens is 1. The Balaban J connectivity index is 1.43. The summed E-state index contributed by atoms with van der Waals surface area (Å²) < 4.78 is 35.3. The fourth-order valence-electron chi connectivity index (χ4n) is 4.87. The Kier molecular flexibility index (Phi) is 8.21. The lowest BCUT2D eigenvalue weighted by atomic mass is 10.1. The Morgan fingerprint density at radius 2 is 1.92 bits per heavy atom. The fourth-order valence-corrected chi connectivity index (χ4v) is 9.21. The van der Waals surface area contributed by atoms with Gasteiger partial charge in [0.05, 0.1) is 27.8 Å². The lowest BCUT2D eigenvalue weighted by Gasteiger charge is -2.30. The number of thiophene rings is 1. The molecule has 1 aromatic carbocycles. The average Bonchev–Trinajstić information content (AvgIpc) is 3.62. The first-order valence-electron chi connectivity index (χ1n) is 12.5. The third-order valence-electron chi connectivity index (χ3n) is 7.05. The molecule has 0 N–H and O–H groups in total. The molecule has 8 nitrogen and oxygen atoms in total. The number of ether oxygens (including phenoxy) is 1. The fraction of sp³-hybridized carbons (Fsp3) is 0.520. The molecule has 1 atom stereocenters. The van der Waals surface area contributed by atoms with Crippen LogP contribution < -0.4 is 4.90 Å². The maximum atomic E-state index is 14.1. The van der Waals surface area contributed by atoms with Gasteiger partial charge in [0.2, 0.25) is 5.91 Å². The van der Waals surface area contributed by atoms with Crippen molar-refractivity contribution >= 4 is 65.6 Å². The molecule has 3 aromatic rings. The van der Waals surface area contributed by atoms with E-state index in [1.54, 1.807) is 11.0 Å². The first kappa shape index (κ1) is 27.0. The van der Waals surface area contributed by atoms with E-state index in [9.17, 15) is 13.2 Å². The molecule has 0 bridgehead atoms. The molecule has 2 fully saturated rings. The van der Waals surface area contributed by atoms with Gasteiger partial charge in [-0.3, -0.25) is 14.6 Å². The van der Waals surface area contributed by atoms with Crippen molar-refractivity contribution < 1.29 is 17.9 Å². The van der Waals surface area contributed by atoms with Gasteiger partial charge < -0.3 is 4.74 Å². The van der Waals surface area contributed by atoms with Crippen LogP contribution >= 0.6 is 34.3 Å². The second-order valence-electron chi connectivity index (χ2n) is 9.53. The molecule has 2 aliphatic rings. The van der Waals surface area contributed by atoms with Crippen LogP contribution in [0.4, 0.5) is 5.13 Å². The number of rotatable bonds is 8. The first-order valence-corrected chi connectivity index (χ1v) is 16.0. The summed E-state index contributed by atoms with van der Waals surface area (Å²) in [4.78, 5) is 22.9. The van der Waals surface area contributed by atoms with Crippen LogP contribution in [0.25, 0.3) is 10.2 Å².